The number of benzene rings is 2. The molecule has 2 unspecified atom stereocenters. The zero-order chi connectivity index (χ0) is 28.8. The Kier molecular flexibility index (Phi) is 8.82. The number of halogens is 2. The SMILES string of the molecule is O=C(O)Nc1ccc(-c2cc(C(CC3CCNC3)NC(=O)/C=C/c3cc(Cl)ccc3-n3cnnn3)nnc2Cl)cc1. The summed E-state index contributed by atoms with van der Waals surface area (Å²) in [7, 11) is 0. The minimum Gasteiger partial charge on any atom is -0.465 e. The Labute approximate surface area is 244 Å². The predicted molar refractivity (Wildman–Crippen MR) is 154 cm³/mol. The largest absolute Gasteiger partial charge is 0.465 e. The van der Waals surface area contributed by atoms with Crippen LogP contribution < -0.4 is 16.0 Å². The van der Waals surface area contributed by atoms with Crippen LogP contribution in [0.25, 0.3) is 22.9 Å². The molecule has 1 aliphatic rings. The fraction of sp³-hybridized carbons (Fsp3) is 0.222. The highest BCUT2D eigenvalue weighted by atomic mass is 35.5. The molecule has 210 valence electrons. The van der Waals surface area contributed by atoms with Crippen molar-refractivity contribution >= 4 is 47.0 Å². The van der Waals surface area contributed by atoms with Crippen molar-refractivity contribution in [2.75, 3.05) is 18.4 Å². The molecule has 4 aromatic rings. The van der Waals surface area contributed by atoms with Crippen LogP contribution >= 0.6 is 23.2 Å². The van der Waals surface area contributed by atoms with Crippen LogP contribution in [-0.2, 0) is 4.79 Å². The van der Waals surface area contributed by atoms with Gasteiger partial charge in [0.25, 0.3) is 0 Å². The molecule has 0 aliphatic carbocycles. The van der Waals surface area contributed by atoms with E-state index in [0.29, 0.717) is 45.6 Å². The molecule has 2 aromatic heterocycles. The van der Waals surface area contributed by atoms with Crippen LogP contribution in [-0.4, -0.2) is 60.6 Å². The average Bonchev–Trinajstić information content (AvgIpc) is 3.67. The molecule has 2 aromatic carbocycles. The molecule has 0 radical (unpaired) electrons. The maximum Gasteiger partial charge on any atom is 0.409 e. The fourth-order valence-electron chi connectivity index (χ4n) is 4.65. The first kappa shape index (κ1) is 28.1. The molecule has 0 bridgehead atoms. The number of carbonyl (C=O) groups excluding carboxylic acids is 1. The Morgan fingerprint density at radius 3 is 2.68 bits per heavy atom. The number of tetrazole rings is 1. The summed E-state index contributed by atoms with van der Waals surface area (Å²) in [4.78, 5) is 24.1. The van der Waals surface area contributed by atoms with Gasteiger partial charge in [-0.3, -0.25) is 10.1 Å². The van der Waals surface area contributed by atoms with Crippen LogP contribution in [0.5, 0.6) is 0 Å². The maximum atomic E-state index is 13.2. The van der Waals surface area contributed by atoms with E-state index in [1.807, 2.05) is 0 Å². The van der Waals surface area contributed by atoms with E-state index in [0.717, 1.165) is 25.1 Å². The molecule has 3 heterocycles. The third kappa shape index (κ3) is 7.23. The van der Waals surface area contributed by atoms with Gasteiger partial charge in [-0.05, 0) is 90.3 Å². The minimum absolute atomic E-state index is 0.191. The van der Waals surface area contributed by atoms with E-state index in [1.54, 1.807) is 54.6 Å². The van der Waals surface area contributed by atoms with E-state index in [9.17, 15) is 9.59 Å². The maximum absolute atomic E-state index is 13.2. The number of anilines is 1. The highest BCUT2D eigenvalue weighted by Gasteiger charge is 2.24. The van der Waals surface area contributed by atoms with Crippen molar-refractivity contribution in [2.45, 2.75) is 18.9 Å². The molecule has 1 saturated heterocycles. The lowest BCUT2D eigenvalue weighted by Crippen LogP contribution is -2.30. The summed E-state index contributed by atoms with van der Waals surface area (Å²) in [6, 6.07) is 13.3. The smallest absolute Gasteiger partial charge is 0.409 e. The predicted octanol–water partition coefficient (Wildman–Crippen LogP) is 4.39. The Morgan fingerprint density at radius 2 is 1.98 bits per heavy atom. The van der Waals surface area contributed by atoms with Crippen molar-refractivity contribution < 1.29 is 14.7 Å². The fourth-order valence-corrected chi connectivity index (χ4v) is 5.03. The molecule has 12 nitrogen and oxygen atoms in total. The summed E-state index contributed by atoms with van der Waals surface area (Å²) in [5, 5.41) is 38.1. The number of hydrogen-bond donors (Lipinski definition) is 4. The van der Waals surface area contributed by atoms with E-state index in [4.69, 9.17) is 28.3 Å². The second-order valence-electron chi connectivity index (χ2n) is 9.43. The van der Waals surface area contributed by atoms with Crippen LogP contribution in [0.15, 0.2) is 60.9 Å². The number of carboxylic acid groups (broad SMARTS) is 1. The Hall–Kier alpha value is -4.39. The van der Waals surface area contributed by atoms with Gasteiger partial charge in [-0.1, -0.05) is 35.3 Å². The topological polar surface area (TPSA) is 160 Å². The van der Waals surface area contributed by atoms with Crippen LogP contribution in [0.3, 0.4) is 0 Å². The first-order chi connectivity index (χ1) is 19.9. The van der Waals surface area contributed by atoms with Crippen molar-refractivity contribution in [1.29, 1.82) is 0 Å². The number of nitrogens with one attached hydrogen (secondary N) is 3. The second kappa shape index (κ2) is 12.9. The van der Waals surface area contributed by atoms with Gasteiger partial charge in [0.2, 0.25) is 5.91 Å². The first-order valence-electron chi connectivity index (χ1n) is 12.7. The van der Waals surface area contributed by atoms with E-state index in [-0.39, 0.29) is 11.1 Å². The molecule has 1 aliphatic heterocycles. The number of nitrogens with zero attached hydrogens (tertiary/aromatic N) is 6. The highest BCUT2D eigenvalue weighted by molar-refractivity contribution is 6.32. The zero-order valence-corrected chi connectivity index (χ0v) is 23.0. The number of carbonyl (C=O) groups is 2. The molecule has 1 fully saturated rings. The third-order valence-corrected chi connectivity index (χ3v) is 7.13. The second-order valence-corrected chi connectivity index (χ2v) is 10.2. The van der Waals surface area contributed by atoms with Crippen molar-refractivity contribution in [3.8, 4) is 16.8 Å². The Balaban J connectivity index is 1.39. The molecule has 4 N–H and O–H groups in total. The van der Waals surface area contributed by atoms with Gasteiger partial charge in [-0.25, -0.2) is 4.79 Å². The molecular weight excluding hydrogens is 569 g/mol. The summed E-state index contributed by atoms with van der Waals surface area (Å²) in [6.07, 6.45) is 5.01. The third-order valence-electron chi connectivity index (χ3n) is 6.62. The van der Waals surface area contributed by atoms with Gasteiger partial charge in [-0.2, -0.15) is 9.78 Å². The van der Waals surface area contributed by atoms with Crippen LogP contribution in [0.2, 0.25) is 10.2 Å². The number of hydrogen-bond acceptors (Lipinski definition) is 8. The summed E-state index contributed by atoms with van der Waals surface area (Å²) in [5.74, 6) is 0.0110. The Morgan fingerprint density at radius 1 is 1.15 bits per heavy atom. The van der Waals surface area contributed by atoms with Gasteiger partial charge in [-0.15, -0.1) is 10.2 Å². The summed E-state index contributed by atoms with van der Waals surface area (Å²) >= 11 is 12.6. The van der Waals surface area contributed by atoms with E-state index in [2.05, 4.69) is 41.7 Å². The van der Waals surface area contributed by atoms with Crippen molar-refractivity contribution in [1.82, 2.24) is 41.0 Å². The van der Waals surface area contributed by atoms with Gasteiger partial charge >= 0.3 is 6.09 Å². The van der Waals surface area contributed by atoms with Crippen molar-refractivity contribution in [3.63, 3.8) is 0 Å². The monoisotopic (exact) mass is 593 g/mol. The van der Waals surface area contributed by atoms with Gasteiger partial charge in [0.1, 0.15) is 6.33 Å². The zero-order valence-electron chi connectivity index (χ0n) is 21.5. The lowest BCUT2D eigenvalue weighted by atomic mass is 9.95. The lowest BCUT2D eigenvalue weighted by molar-refractivity contribution is -0.117. The summed E-state index contributed by atoms with van der Waals surface area (Å²) in [6.45, 7) is 1.75. The van der Waals surface area contributed by atoms with Crippen LogP contribution in [0, 0.1) is 5.92 Å². The molecule has 41 heavy (non-hydrogen) atoms. The molecule has 2 amide bonds. The number of aromatic nitrogens is 6. The van der Waals surface area contributed by atoms with Crippen LogP contribution in [0.4, 0.5) is 10.5 Å². The van der Waals surface area contributed by atoms with Gasteiger partial charge in [0.15, 0.2) is 5.15 Å². The van der Waals surface area contributed by atoms with Crippen molar-refractivity contribution in [3.05, 3.63) is 82.4 Å². The van der Waals surface area contributed by atoms with Gasteiger partial charge in [0.05, 0.1) is 17.4 Å². The molecule has 2 atom stereocenters. The lowest BCUT2D eigenvalue weighted by Gasteiger charge is -2.21. The highest BCUT2D eigenvalue weighted by Crippen LogP contribution is 2.31. The standard InChI is InChI=1S/C27H25Cl2N9O3/c28-19-4-7-24(38-15-31-36-37-38)18(12-19)3-8-25(39)33-22(11-16-9-10-30-14-16)23-13-21(26(29)35-34-23)17-1-5-20(6-2-17)32-27(40)41/h1-8,12-13,15-16,22,30,32H,9-11,14H2,(H,33,39)(H,40,41)/b8-3+. The average molecular weight is 594 g/mol. The molecule has 0 saturated carbocycles. The molecule has 14 heteroatoms. The number of rotatable bonds is 9. The summed E-state index contributed by atoms with van der Waals surface area (Å²) in [5.41, 5.74) is 3.64. The normalized spacial score (nSPS) is 15.6. The van der Waals surface area contributed by atoms with E-state index >= 15 is 0 Å². The summed E-state index contributed by atoms with van der Waals surface area (Å²) < 4.78 is 1.49. The van der Waals surface area contributed by atoms with Gasteiger partial charge in [0, 0.05) is 27.9 Å². The van der Waals surface area contributed by atoms with Gasteiger partial charge < -0.3 is 15.7 Å². The molecule has 0 spiro atoms. The van der Waals surface area contributed by atoms with E-state index in [1.165, 1.54) is 17.1 Å². The first-order valence-corrected chi connectivity index (χ1v) is 13.5. The quantitative estimate of drug-likeness (QED) is 0.206. The number of amides is 2. The van der Waals surface area contributed by atoms with Crippen LogP contribution in [0.1, 0.15) is 30.1 Å². The minimum atomic E-state index is -1.15. The molecular formula is C27H25Cl2N9O3. The van der Waals surface area contributed by atoms with Crippen molar-refractivity contribution in [2.24, 2.45) is 5.92 Å². The Bertz CT molecular complexity index is 1560. The molecule has 5 rings (SSSR count). The van der Waals surface area contributed by atoms with E-state index < -0.39 is 12.1 Å².